The average molecular weight is 311 g/mol. The Labute approximate surface area is 126 Å². The van der Waals surface area contributed by atoms with Crippen LogP contribution in [0.25, 0.3) is 0 Å². The third kappa shape index (κ3) is 4.13. The summed E-state index contributed by atoms with van der Waals surface area (Å²) in [4.78, 5) is 4.16. The molecule has 0 saturated carbocycles. The van der Waals surface area contributed by atoms with Crippen molar-refractivity contribution in [1.29, 1.82) is 0 Å². The molecule has 2 aromatic heterocycles. The van der Waals surface area contributed by atoms with E-state index in [0.29, 0.717) is 23.3 Å². The molecule has 2 heterocycles. The first kappa shape index (κ1) is 15.7. The number of hydrogen-bond donors (Lipinski definition) is 0. The Morgan fingerprint density at radius 1 is 1.29 bits per heavy atom. The van der Waals surface area contributed by atoms with Crippen LogP contribution in [0.2, 0.25) is 0 Å². The first-order chi connectivity index (χ1) is 10.3. The van der Waals surface area contributed by atoms with Crippen molar-refractivity contribution in [2.75, 3.05) is 21.3 Å². The summed E-state index contributed by atoms with van der Waals surface area (Å²) in [5, 5.41) is 12.3. The first-order valence-corrected chi connectivity index (χ1v) is 7.19. The van der Waals surface area contributed by atoms with Crippen LogP contribution >= 0.6 is 11.8 Å². The fraction of sp³-hybridized carbons (Fsp3) is 0.500. The monoisotopic (exact) mass is 311 g/mol. The Hall–Kier alpha value is -1.71. The van der Waals surface area contributed by atoms with Gasteiger partial charge < -0.3 is 14.2 Å². The predicted molar refractivity (Wildman–Crippen MR) is 76.0 cm³/mol. The fourth-order valence-corrected chi connectivity index (χ4v) is 2.52. The summed E-state index contributed by atoms with van der Waals surface area (Å²) in [6.07, 6.45) is 1.31. The third-order valence-corrected chi connectivity index (χ3v) is 3.75. The molecule has 0 atom stereocenters. The maximum Gasteiger partial charge on any atom is 0.217 e. The lowest BCUT2D eigenvalue weighted by atomic mass is 10.3. The minimum absolute atomic E-state index is 0.388. The molecular formula is C12H17N5O3S. The van der Waals surface area contributed by atoms with Gasteiger partial charge in [-0.05, 0) is 16.5 Å². The van der Waals surface area contributed by atoms with Crippen LogP contribution in [0.15, 0.2) is 23.5 Å². The topological polar surface area (TPSA) is 84.2 Å². The van der Waals surface area contributed by atoms with Crippen LogP contribution in [0.1, 0.15) is 5.56 Å². The van der Waals surface area contributed by atoms with Crippen molar-refractivity contribution in [3.05, 3.63) is 23.9 Å². The van der Waals surface area contributed by atoms with Crippen LogP contribution in [0.3, 0.4) is 0 Å². The summed E-state index contributed by atoms with van der Waals surface area (Å²) >= 11 is 1.50. The standard InChI is InChI=1S/C12H17N5O3S/c1-18-10(19-2)7-17-12(14-15-16-17)21-8-9-5-4-6-13-11(9)20-3/h4-6,10H,7-8H2,1-3H3. The number of thioether (sulfide) groups is 1. The second kappa shape index (κ2) is 7.91. The SMILES string of the molecule is COc1ncccc1CSc1nnnn1CC(OC)OC. The molecule has 2 aromatic rings. The van der Waals surface area contributed by atoms with Gasteiger partial charge in [0, 0.05) is 31.7 Å². The van der Waals surface area contributed by atoms with E-state index in [-0.39, 0.29) is 6.29 Å². The molecule has 0 spiro atoms. The third-order valence-electron chi connectivity index (χ3n) is 2.75. The molecule has 0 amide bonds. The van der Waals surface area contributed by atoms with Gasteiger partial charge in [0.05, 0.1) is 13.7 Å². The molecule has 0 saturated heterocycles. The van der Waals surface area contributed by atoms with E-state index in [1.54, 1.807) is 32.2 Å². The highest BCUT2D eigenvalue weighted by atomic mass is 32.2. The van der Waals surface area contributed by atoms with Gasteiger partial charge in [-0.3, -0.25) is 0 Å². The van der Waals surface area contributed by atoms with Gasteiger partial charge in [0.1, 0.15) is 0 Å². The number of ether oxygens (including phenoxy) is 3. The van der Waals surface area contributed by atoms with Crippen molar-refractivity contribution in [2.45, 2.75) is 23.7 Å². The van der Waals surface area contributed by atoms with Gasteiger partial charge in [-0.15, -0.1) is 5.10 Å². The Morgan fingerprint density at radius 2 is 2.10 bits per heavy atom. The second-order valence-electron chi connectivity index (χ2n) is 4.01. The molecule has 8 nitrogen and oxygen atoms in total. The van der Waals surface area contributed by atoms with E-state index in [0.717, 1.165) is 5.56 Å². The zero-order valence-corrected chi connectivity index (χ0v) is 12.9. The van der Waals surface area contributed by atoms with Gasteiger partial charge in [-0.2, -0.15) is 0 Å². The van der Waals surface area contributed by atoms with Gasteiger partial charge >= 0.3 is 0 Å². The van der Waals surface area contributed by atoms with Crippen LogP contribution in [0, 0.1) is 0 Å². The number of hydrogen-bond acceptors (Lipinski definition) is 8. The van der Waals surface area contributed by atoms with Crippen molar-refractivity contribution in [3.8, 4) is 5.88 Å². The summed E-state index contributed by atoms with van der Waals surface area (Å²) in [6, 6.07) is 3.83. The second-order valence-corrected chi connectivity index (χ2v) is 4.95. The van der Waals surface area contributed by atoms with Gasteiger partial charge in [0.2, 0.25) is 11.0 Å². The average Bonchev–Trinajstić information content (AvgIpc) is 2.97. The van der Waals surface area contributed by atoms with Crippen LogP contribution < -0.4 is 4.74 Å². The quantitative estimate of drug-likeness (QED) is 0.527. The highest BCUT2D eigenvalue weighted by Crippen LogP contribution is 2.24. The maximum atomic E-state index is 5.22. The lowest BCUT2D eigenvalue weighted by molar-refractivity contribution is -0.113. The number of tetrazole rings is 1. The van der Waals surface area contributed by atoms with Crippen LogP contribution in [0.5, 0.6) is 5.88 Å². The Morgan fingerprint density at radius 3 is 2.81 bits per heavy atom. The smallest absolute Gasteiger partial charge is 0.217 e. The van der Waals surface area contributed by atoms with Crippen molar-refractivity contribution in [2.24, 2.45) is 0 Å². The molecule has 0 fully saturated rings. The molecule has 2 rings (SSSR count). The van der Waals surface area contributed by atoms with Gasteiger partial charge in [-0.25, -0.2) is 9.67 Å². The summed E-state index contributed by atoms with van der Waals surface area (Å²) in [6.45, 7) is 0.423. The van der Waals surface area contributed by atoms with Gasteiger partial charge in [0.15, 0.2) is 6.29 Å². The lowest BCUT2D eigenvalue weighted by Crippen LogP contribution is -2.21. The van der Waals surface area contributed by atoms with E-state index < -0.39 is 0 Å². The first-order valence-electron chi connectivity index (χ1n) is 6.21. The van der Waals surface area contributed by atoms with E-state index in [1.807, 2.05) is 12.1 Å². The minimum atomic E-state index is -0.388. The summed E-state index contributed by atoms with van der Waals surface area (Å²) in [5.74, 6) is 1.26. The minimum Gasteiger partial charge on any atom is -0.481 e. The zero-order chi connectivity index (χ0) is 15.1. The summed E-state index contributed by atoms with van der Waals surface area (Å²) in [7, 11) is 4.75. The van der Waals surface area contributed by atoms with Crippen molar-refractivity contribution < 1.29 is 14.2 Å². The Bertz CT molecular complexity index is 561. The zero-order valence-electron chi connectivity index (χ0n) is 12.1. The van der Waals surface area contributed by atoms with Crippen molar-refractivity contribution in [3.63, 3.8) is 0 Å². The van der Waals surface area contributed by atoms with Crippen LogP contribution in [-0.4, -0.2) is 52.8 Å². The molecule has 0 aliphatic rings. The van der Waals surface area contributed by atoms with Crippen LogP contribution in [-0.2, 0) is 21.8 Å². The maximum absolute atomic E-state index is 5.22. The lowest BCUT2D eigenvalue weighted by Gasteiger charge is -2.13. The molecule has 114 valence electrons. The van der Waals surface area contributed by atoms with E-state index in [1.165, 1.54) is 11.8 Å². The number of aromatic nitrogens is 5. The van der Waals surface area contributed by atoms with E-state index >= 15 is 0 Å². The molecule has 0 unspecified atom stereocenters. The molecule has 21 heavy (non-hydrogen) atoms. The van der Waals surface area contributed by atoms with Crippen molar-refractivity contribution in [1.82, 2.24) is 25.2 Å². The molecular weight excluding hydrogens is 294 g/mol. The molecule has 0 aromatic carbocycles. The van der Waals surface area contributed by atoms with E-state index in [2.05, 4.69) is 20.5 Å². The molecule has 0 N–H and O–H groups in total. The van der Waals surface area contributed by atoms with Gasteiger partial charge in [-0.1, -0.05) is 17.8 Å². The highest BCUT2D eigenvalue weighted by Gasteiger charge is 2.14. The highest BCUT2D eigenvalue weighted by molar-refractivity contribution is 7.98. The molecule has 0 aliphatic carbocycles. The number of rotatable bonds is 8. The predicted octanol–water partition coefficient (Wildman–Crippen LogP) is 0.988. The number of pyridine rings is 1. The summed E-state index contributed by atoms with van der Waals surface area (Å²) < 4.78 is 17.2. The normalized spacial score (nSPS) is 11.0. The fourth-order valence-electron chi connectivity index (χ4n) is 1.66. The number of nitrogens with zero attached hydrogens (tertiary/aromatic N) is 5. The van der Waals surface area contributed by atoms with E-state index in [9.17, 15) is 0 Å². The Kier molecular flexibility index (Phi) is 5.90. The van der Waals surface area contributed by atoms with Gasteiger partial charge in [0.25, 0.3) is 0 Å². The van der Waals surface area contributed by atoms with Crippen molar-refractivity contribution >= 4 is 11.8 Å². The molecule has 9 heteroatoms. The van der Waals surface area contributed by atoms with E-state index in [4.69, 9.17) is 14.2 Å². The largest absolute Gasteiger partial charge is 0.481 e. The summed E-state index contributed by atoms with van der Waals surface area (Å²) in [5.41, 5.74) is 0.981. The van der Waals surface area contributed by atoms with Crippen LogP contribution in [0.4, 0.5) is 0 Å². The molecule has 0 aliphatic heterocycles. The molecule has 0 radical (unpaired) electrons. The molecule has 0 bridgehead atoms. The number of methoxy groups -OCH3 is 3. The Balaban J connectivity index is 2.02.